The molecule has 2 nitrogen and oxygen atoms in total. The first-order valence-electron chi connectivity index (χ1n) is 4.84. The Bertz CT molecular complexity index is 292. The topological polar surface area (TPSA) is 37.3 Å². The van der Waals surface area contributed by atoms with E-state index in [4.69, 9.17) is 5.11 Å². The van der Waals surface area contributed by atoms with E-state index in [-0.39, 0.29) is 0 Å². The van der Waals surface area contributed by atoms with Crippen LogP contribution in [-0.4, -0.2) is 11.1 Å². The molecule has 78 valence electrons. The van der Waals surface area contributed by atoms with Crippen molar-refractivity contribution in [3.8, 4) is 0 Å². The van der Waals surface area contributed by atoms with Crippen LogP contribution in [0.1, 0.15) is 31.6 Å². The number of carboxylic acids is 1. The second kappa shape index (κ2) is 4.60. The molecule has 1 unspecified atom stereocenters. The molecule has 1 heterocycles. The molecule has 1 aromatic rings. The molecule has 0 saturated carbocycles. The van der Waals surface area contributed by atoms with E-state index in [1.54, 1.807) is 11.3 Å². The molecule has 0 aliphatic rings. The second-order valence-electron chi connectivity index (χ2n) is 3.80. The lowest BCUT2D eigenvalue weighted by atomic mass is 9.83. The Balaban J connectivity index is 2.54. The third-order valence-electron chi connectivity index (χ3n) is 2.80. The molecule has 0 radical (unpaired) electrons. The molecule has 0 spiro atoms. The first-order valence-corrected chi connectivity index (χ1v) is 5.72. The van der Waals surface area contributed by atoms with Gasteiger partial charge in [-0.25, -0.2) is 0 Å². The summed E-state index contributed by atoms with van der Waals surface area (Å²) >= 11 is 1.69. The molecular formula is C11H16O2S. The fraction of sp³-hybridized carbons (Fsp3) is 0.545. The zero-order valence-corrected chi connectivity index (χ0v) is 9.43. The maximum atomic E-state index is 11.0. The van der Waals surface area contributed by atoms with Gasteiger partial charge in [-0.15, -0.1) is 11.3 Å². The molecule has 0 bridgehead atoms. The first-order chi connectivity index (χ1) is 6.58. The molecular weight excluding hydrogens is 196 g/mol. The Hall–Kier alpha value is -0.830. The Morgan fingerprint density at radius 2 is 2.36 bits per heavy atom. The Morgan fingerprint density at radius 3 is 2.79 bits per heavy atom. The van der Waals surface area contributed by atoms with Crippen molar-refractivity contribution in [2.75, 3.05) is 0 Å². The minimum absolute atomic E-state index is 0.565. The smallest absolute Gasteiger partial charge is 0.309 e. The predicted octanol–water partition coefficient (Wildman–Crippen LogP) is 3.18. The lowest BCUT2D eigenvalue weighted by Gasteiger charge is -2.22. The SMILES string of the molecule is CCC(C)(CCc1cccs1)C(=O)O. The fourth-order valence-electron chi connectivity index (χ4n) is 1.29. The molecule has 1 aromatic heterocycles. The summed E-state index contributed by atoms with van der Waals surface area (Å²) in [5.74, 6) is -0.684. The average molecular weight is 212 g/mol. The summed E-state index contributed by atoms with van der Waals surface area (Å²) in [7, 11) is 0. The van der Waals surface area contributed by atoms with Gasteiger partial charge >= 0.3 is 5.97 Å². The van der Waals surface area contributed by atoms with Crippen LogP contribution in [0.25, 0.3) is 0 Å². The first kappa shape index (κ1) is 11.2. The van der Waals surface area contributed by atoms with Crippen molar-refractivity contribution < 1.29 is 9.90 Å². The minimum Gasteiger partial charge on any atom is -0.481 e. The Morgan fingerprint density at radius 1 is 1.64 bits per heavy atom. The normalized spacial score (nSPS) is 15.0. The third kappa shape index (κ3) is 2.58. The number of carbonyl (C=O) groups is 1. The van der Waals surface area contributed by atoms with Crippen molar-refractivity contribution in [3.63, 3.8) is 0 Å². The van der Waals surface area contributed by atoms with Gasteiger partial charge in [0.2, 0.25) is 0 Å². The number of hydrogen-bond donors (Lipinski definition) is 1. The van der Waals surface area contributed by atoms with Crippen molar-refractivity contribution >= 4 is 17.3 Å². The molecule has 1 rings (SSSR count). The fourth-order valence-corrected chi connectivity index (χ4v) is 2.00. The van der Waals surface area contributed by atoms with Crippen molar-refractivity contribution in [2.24, 2.45) is 5.41 Å². The van der Waals surface area contributed by atoms with Crippen LogP contribution in [0.4, 0.5) is 0 Å². The summed E-state index contributed by atoms with van der Waals surface area (Å²) in [6.07, 6.45) is 2.28. The van der Waals surface area contributed by atoms with E-state index in [0.29, 0.717) is 6.42 Å². The summed E-state index contributed by atoms with van der Waals surface area (Å²) in [6, 6.07) is 4.06. The maximum absolute atomic E-state index is 11.0. The van der Waals surface area contributed by atoms with E-state index in [9.17, 15) is 4.79 Å². The van der Waals surface area contributed by atoms with E-state index in [2.05, 4.69) is 6.07 Å². The second-order valence-corrected chi connectivity index (χ2v) is 4.83. The van der Waals surface area contributed by atoms with Gasteiger partial charge in [0.05, 0.1) is 5.41 Å². The highest BCUT2D eigenvalue weighted by Gasteiger charge is 2.30. The summed E-state index contributed by atoms with van der Waals surface area (Å²) < 4.78 is 0. The monoisotopic (exact) mass is 212 g/mol. The molecule has 0 amide bonds. The van der Waals surface area contributed by atoms with Crippen molar-refractivity contribution in [1.29, 1.82) is 0 Å². The number of carboxylic acid groups (broad SMARTS) is 1. The van der Waals surface area contributed by atoms with E-state index in [0.717, 1.165) is 12.8 Å². The van der Waals surface area contributed by atoms with Gasteiger partial charge in [-0.2, -0.15) is 0 Å². The molecule has 0 aromatic carbocycles. The zero-order chi connectivity index (χ0) is 10.6. The maximum Gasteiger partial charge on any atom is 0.309 e. The van der Waals surface area contributed by atoms with Gasteiger partial charge in [0, 0.05) is 4.88 Å². The molecule has 1 atom stereocenters. The molecule has 0 saturated heterocycles. The summed E-state index contributed by atoms with van der Waals surface area (Å²) in [5.41, 5.74) is -0.565. The highest BCUT2D eigenvalue weighted by Crippen LogP contribution is 2.28. The van der Waals surface area contributed by atoms with E-state index >= 15 is 0 Å². The van der Waals surface area contributed by atoms with Crippen LogP contribution < -0.4 is 0 Å². The van der Waals surface area contributed by atoms with Crippen LogP contribution in [0.15, 0.2) is 17.5 Å². The number of aryl methyl sites for hydroxylation is 1. The average Bonchev–Trinajstić information content (AvgIpc) is 2.66. The van der Waals surface area contributed by atoms with Gasteiger partial charge in [-0.1, -0.05) is 13.0 Å². The highest BCUT2D eigenvalue weighted by atomic mass is 32.1. The van der Waals surface area contributed by atoms with Crippen molar-refractivity contribution in [3.05, 3.63) is 22.4 Å². The van der Waals surface area contributed by atoms with Crippen LogP contribution in [-0.2, 0) is 11.2 Å². The van der Waals surface area contributed by atoms with Crippen LogP contribution in [0.3, 0.4) is 0 Å². The van der Waals surface area contributed by atoms with E-state index in [1.807, 2.05) is 25.3 Å². The lowest BCUT2D eigenvalue weighted by molar-refractivity contribution is -0.148. The molecule has 3 heteroatoms. The van der Waals surface area contributed by atoms with Gasteiger partial charge in [-0.05, 0) is 37.6 Å². The molecule has 1 N–H and O–H groups in total. The van der Waals surface area contributed by atoms with Crippen LogP contribution in [0.5, 0.6) is 0 Å². The van der Waals surface area contributed by atoms with Gasteiger partial charge < -0.3 is 5.11 Å². The zero-order valence-electron chi connectivity index (χ0n) is 8.62. The number of thiophene rings is 1. The third-order valence-corrected chi connectivity index (χ3v) is 3.74. The predicted molar refractivity (Wildman–Crippen MR) is 58.7 cm³/mol. The molecule has 0 fully saturated rings. The minimum atomic E-state index is -0.684. The summed E-state index contributed by atoms with van der Waals surface area (Å²) in [4.78, 5) is 12.3. The van der Waals surface area contributed by atoms with Gasteiger partial charge in [0.1, 0.15) is 0 Å². The standard InChI is InChI=1S/C11H16O2S/c1-3-11(2,10(12)13)7-6-9-5-4-8-14-9/h4-5,8H,3,6-7H2,1-2H3,(H,12,13). The van der Waals surface area contributed by atoms with E-state index in [1.165, 1.54) is 4.88 Å². The quantitative estimate of drug-likeness (QED) is 0.814. The van der Waals surface area contributed by atoms with Gasteiger partial charge in [0.15, 0.2) is 0 Å². The van der Waals surface area contributed by atoms with Gasteiger partial charge in [0.25, 0.3) is 0 Å². The van der Waals surface area contributed by atoms with Crippen molar-refractivity contribution in [1.82, 2.24) is 0 Å². The molecule has 14 heavy (non-hydrogen) atoms. The Kier molecular flexibility index (Phi) is 3.69. The van der Waals surface area contributed by atoms with Crippen LogP contribution >= 0.6 is 11.3 Å². The molecule has 0 aliphatic carbocycles. The van der Waals surface area contributed by atoms with Crippen LogP contribution in [0, 0.1) is 5.41 Å². The lowest BCUT2D eigenvalue weighted by Crippen LogP contribution is -2.27. The Labute approximate surface area is 88.6 Å². The van der Waals surface area contributed by atoms with E-state index < -0.39 is 11.4 Å². The highest BCUT2D eigenvalue weighted by molar-refractivity contribution is 7.09. The van der Waals surface area contributed by atoms with Gasteiger partial charge in [-0.3, -0.25) is 4.79 Å². The summed E-state index contributed by atoms with van der Waals surface area (Å²) in [6.45, 7) is 3.76. The number of rotatable bonds is 5. The van der Waals surface area contributed by atoms with Crippen molar-refractivity contribution in [2.45, 2.75) is 33.1 Å². The van der Waals surface area contributed by atoms with Crippen LogP contribution in [0.2, 0.25) is 0 Å². The largest absolute Gasteiger partial charge is 0.481 e. The number of hydrogen-bond acceptors (Lipinski definition) is 2. The molecule has 0 aliphatic heterocycles. The number of aliphatic carboxylic acids is 1. The summed E-state index contributed by atoms with van der Waals surface area (Å²) in [5, 5.41) is 11.1.